The molecule has 0 bridgehead atoms. The molecule has 0 spiro atoms. The zero-order valence-electron chi connectivity index (χ0n) is 45.1. The highest BCUT2D eigenvalue weighted by Gasteiger charge is 2.41. The van der Waals surface area contributed by atoms with Crippen molar-refractivity contribution in [3.05, 3.63) is 275 Å². The van der Waals surface area contributed by atoms with E-state index in [1.807, 2.05) is 129 Å². The van der Waals surface area contributed by atoms with Crippen LogP contribution in [0, 0.1) is 5.92 Å². The van der Waals surface area contributed by atoms with Crippen LogP contribution >= 0.6 is 35.1 Å². The van der Waals surface area contributed by atoms with Gasteiger partial charge in [0, 0.05) is 17.2 Å². The molecule has 0 aliphatic rings. The number of allylic oxidation sites excluding steroid dienone is 1. The molecule has 10 nitrogen and oxygen atoms in total. The van der Waals surface area contributed by atoms with Gasteiger partial charge in [0.2, 0.25) is 17.7 Å². The van der Waals surface area contributed by atoms with Crippen molar-refractivity contribution in [2.45, 2.75) is 79.4 Å². The Balaban J connectivity index is 1.13. The minimum atomic E-state index is -1.34. The fourth-order valence-electron chi connectivity index (χ4n) is 9.83. The highest BCUT2D eigenvalue weighted by molar-refractivity contribution is 8.00. The molecule has 5 atom stereocenters. The third-order valence-corrected chi connectivity index (χ3v) is 17.2. The molecule has 414 valence electrons. The van der Waals surface area contributed by atoms with Gasteiger partial charge in [-0.2, -0.15) is 0 Å². The van der Waals surface area contributed by atoms with E-state index in [0.29, 0.717) is 22.8 Å². The van der Waals surface area contributed by atoms with E-state index in [1.165, 1.54) is 17.8 Å². The number of aliphatic hydroxyl groups is 2. The second-order valence-electron chi connectivity index (χ2n) is 19.7. The molecule has 3 amide bonds. The molecule has 0 fully saturated rings. The summed E-state index contributed by atoms with van der Waals surface area (Å²) in [5.41, 5.74) is 6.85. The number of ether oxygens (including phenoxy) is 1. The van der Waals surface area contributed by atoms with E-state index >= 15 is 0 Å². The number of rotatable bonds is 29. The van der Waals surface area contributed by atoms with Crippen LogP contribution in [-0.2, 0) is 39.8 Å². The van der Waals surface area contributed by atoms with Crippen LogP contribution in [-0.4, -0.2) is 82.3 Å². The van der Waals surface area contributed by atoms with Gasteiger partial charge in [0.05, 0.1) is 40.6 Å². The number of esters is 1. The van der Waals surface area contributed by atoms with Crippen molar-refractivity contribution in [1.82, 2.24) is 16.0 Å². The number of amides is 3. The van der Waals surface area contributed by atoms with Crippen LogP contribution in [0.1, 0.15) is 72.1 Å². The number of benzene rings is 7. The third kappa shape index (κ3) is 16.2. The molecular weight excluding hydrogens is 1060 g/mol. The number of hydrogen-bond acceptors (Lipinski definition) is 9. The lowest BCUT2D eigenvalue weighted by Crippen LogP contribution is -2.58. The maximum atomic E-state index is 15.0. The minimum absolute atomic E-state index is 0.00132. The lowest BCUT2D eigenvalue weighted by molar-refractivity contribution is -0.145. The highest BCUT2D eigenvalue weighted by Crippen LogP contribution is 2.50. The Morgan fingerprint density at radius 2 is 1.04 bits per heavy atom. The first-order valence-electron chi connectivity index (χ1n) is 26.9. The van der Waals surface area contributed by atoms with E-state index in [1.54, 1.807) is 42.1 Å². The largest absolute Gasteiger partial charge is 0.461 e. The molecule has 0 saturated heterocycles. The molecule has 7 rings (SSSR count). The van der Waals surface area contributed by atoms with E-state index < -0.39 is 69.9 Å². The molecule has 0 aliphatic heterocycles. The Hall–Kier alpha value is -7.19. The van der Waals surface area contributed by atoms with Crippen LogP contribution in [0.25, 0.3) is 0 Å². The summed E-state index contributed by atoms with van der Waals surface area (Å²) in [5.74, 6) is -2.21. The van der Waals surface area contributed by atoms with E-state index in [2.05, 4.69) is 95.3 Å². The summed E-state index contributed by atoms with van der Waals surface area (Å²) in [6, 6.07) is 64.5. The first-order chi connectivity index (χ1) is 38.8. The Morgan fingerprint density at radius 1 is 0.588 bits per heavy atom. The zero-order chi connectivity index (χ0) is 56.7. The van der Waals surface area contributed by atoms with Crippen LogP contribution in [0.2, 0.25) is 5.02 Å². The van der Waals surface area contributed by atoms with Gasteiger partial charge in [-0.3, -0.25) is 19.2 Å². The Morgan fingerprint density at radius 3 is 1.48 bits per heavy atom. The maximum Gasteiger partial charge on any atom is 0.308 e. The standard InChI is InChI=1S/C67H70ClN3O7S2/c1-4-41-78-62(75)46-60(73)63(48(2)3)71-65(77)59(47-80-67(53-33-17-8-18-34-53,54-35-19-9-20-36-54)55-37-21-10-22-38-55)70-64(76)58(44-49-26-25-39-56(68)43-49)69-61(74)45-57(72)40-23-24-42-79-66(50-27-11-5-12-28-50,51-29-13-6-14-30-51)52-31-15-7-16-32-52/h4-23,25-40,43,48,57-60,63,72-73H,1,24,41-42,44-47H2,2-3H3,(H,69,74)(H,70,76)(H,71,77)/t57-,58-,59-,60+,63-/m1/s1. The minimum Gasteiger partial charge on any atom is -0.461 e. The van der Waals surface area contributed by atoms with Crippen molar-refractivity contribution < 1.29 is 34.1 Å². The summed E-state index contributed by atoms with van der Waals surface area (Å²) in [5, 5.41) is 32.0. The average molecular weight is 1130 g/mol. The maximum absolute atomic E-state index is 15.0. The lowest BCUT2D eigenvalue weighted by Gasteiger charge is -2.37. The molecule has 0 heterocycles. The monoisotopic (exact) mass is 1130 g/mol. The van der Waals surface area contributed by atoms with Crippen LogP contribution in [0.15, 0.2) is 231 Å². The first kappa shape index (κ1) is 60.5. The van der Waals surface area contributed by atoms with E-state index in [-0.39, 0.29) is 31.1 Å². The van der Waals surface area contributed by atoms with Crippen molar-refractivity contribution in [2.24, 2.45) is 5.92 Å². The van der Waals surface area contributed by atoms with E-state index in [4.69, 9.17) is 16.3 Å². The number of aliphatic hydroxyl groups excluding tert-OH is 2. The summed E-state index contributed by atoms with van der Waals surface area (Å²) >= 11 is 9.70. The van der Waals surface area contributed by atoms with Gasteiger partial charge < -0.3 is 30.9 Å². The molecule has 0 unspecified atom stereocenters. The van der Waals surface area contributed by atoms with Gasteiger partial charge in [-0.05, 0) is 69.2 Å². The molecule has 7 aromatic carbocycles. The average Bonchev–Trinajstić information content (AvgIpc) is 3.52. The number of thioether (sulfide) groups is 2. The number of carbonyl (C=O) groups is 4. The van der Waals surface area contributed by atoms with Gasteiger partial charge >= 0.3 is 5.97 Å². The number of carbonyl (C=O) groups excluding carboxylic acids is 4. The summed E-state index contributed by atoms with van der Waals surface area (Å²) in [4.78, 5) is 56.7. The van der Waals surface area contributed by atoms with Crippen LogP contribution in [0.4, 0.5) is 0 Å². The molecule has 0 radical (unpaired) electrons. The normalized spacial score (nSPS) is 13.6. The number of halogens is 1. The second kappa shape index (κ2) is 30.4. The van der Waals surface area contributed by atoms with Gasteiger partial charge in [-0.15, -0.1) is 23.5 Å². The van der Waals surface area contributed by atoms with E-state index in [0.717, 1.165) is 33.4 Å². The van der Waals surface area contributed by atoms with Gasteiger partial charge in [-0.25, -0.2) is 0 Å². The molecule has 7 aromatic rings. The van der Waals surface area contributed by atoms with Crippen molar-refractivity contribution in [3.8, 4) is 0 Å². The van der Waals surface area contributed by atoms with Gasteiger partial charge in [-0.1, -0.05) is 244 Å². The smallest absolute Gasteiger partial charge is 0.308 e. The van der Waals surface area contributed by atoms with Gasteiger partial charge in [0.1, 0.15) is 18.7 Å². The Kier molecular flexibility index (Phi) is 23.0. The summed E-state index contributed by atoms with van der Waals surface area (Å²) < 4.78 is 3.75. The second-order valence-corrected chi connectivity index (χ2v) is 22.7. The third-order valence-electron chi connectivity index (χ3n) is 13.7. The van der Waals surface area contributed by atoms with Gasteiger partial charge in [0.25, 0.3) is 0 Å². The zero-order valence-corrected chi connectivity index (χ0v) is 47.5. The highest BCUT2D eigenvalue weighted by atomic mass is 35.5. The molecular formula is C67H70ClN3O7S2. The molecule has 0 aromatic heterocycles. The van der Waals surface area contributed by atoms with Crippen molar-refractivity contribution >= 4 is 58.8 Å². The van der Waals surface area contributed by atoms with Crippen LogP contribution in [0.5, 0.6) is 0 Å². The quantitative estimate of drug-likeness (QED) is 0.0133. The SMILES string of the molecule is C=CCOC(=O)C[C@H](O)[C@H](NC(=O)[C@@H](CSC(c1ccccc1)(c1ccccc1)c1ccccc1)NC(=O)[C@@H](Cc1cccc(Cl)c1)NC(=O)C[C@H](O)C=CCCSC(c1ccccc1)(c1ccccc1)c1ccccc1)C(C)C. The predicted molar refractivity (Wildman–Crippen MR) is 325 cm³/mol. The first-order valence-corrected chi connectivity index (χ1v) is 29.2. The molecule has 13 heteroatoms. The van der Waals surface area contributed by atoms with Crippen LogP contribution < -0.4 is 16.0 Å². The summed E-state index contributed by atoms with van der Waals surface area (Å²) in [6.07, 6.45) is 2.24. The topological polar surface area (TPSA) is 154 Å². The fraction of sp³-hybridized carbons (Fsp3) is 0.254. The fourth-order valence-corrected chi connectivity index (χ4v) is 13.1. The predicted octanol–water partition coefficient (Wildman–Crippen LogP) is 11.6. The lowest BCUT2D eigenvalue weighted by atomic mass is 9.84. The summed E-state index contributed by atoms with van der Waals surface area (Å²) in [7, 11) is 0. The Labute approximate surface area is 484 Å². The van der Waals surface area contributed by atoms with Crippen molar-refractivity contribution in [2.75, 3.05) is 18.1 Å². The Bertz CT molecular complexity index is 2890. The van der Waals surface area contributed by atoms with E-state index in [9.17, 15) is 29.4 Å². The van der Waals surface area contributed by atoms with Crippen molar-refractivity contribution in [3.63, 3.8) is 0 Å². The summed E-state index contributed by atoms with van der Waals surface area (Å²) in [6.45, 7) is 7.17. The van der Waals surface area contributed by atoms with Crippen LogP contribution in [0.3, 0.4) is 0 Å². The molecule has 0 saturated carbocycles. The number of nitrogens with one attached hydrogen (secondary N) is 3. The molecule has 0 aliphatic carbocycles. The van der Waals surface area contributed by atoms with Crippen molar-refractivity contribution in [1.29, 1.82) is 0 Å². The molecule has 80 heavy (non-hydrogen) atoms. The number of hydrogen-bond donors (Lipinski definition) is 5. The molecule has 5 N–H and O–H groups in total. The van der Waals surface area contributed by atoms with Gasteiger partial charge in [0.15, 0.2) is 0 Å².